The highest BCUT2D eigenvalue weighted by Crippen LogP contribution is 2.38. The number of aromatic hydroxyl groups is 1. The van der Waals surface area contributed by atoms with Gasteiger partial charge < -0.3 is 15.2 Å². The molecule has 1 fully saturated rings. The zero-order valence-corrected chi connectivity index (χ0v) is 15.6. The smallest absolute Gasteiger partial charge is 0.256 e. The van der Waals surface area contributed by atoms with Gasteiger partial charge in [0, 0.05) is 17.1 Å². The highest BCUT2D eigenvalue weighted by molar-refractivity contribution is 9.10. The van der Waals surface area contributed by atoms with E-state index in [4.69, 9.17) is 4.74 Å². The number of benzene rings is 1. The summed E-state index contributed by atoms with van der Waals surface area (Å²) in [5, 5.41) is 13.1. The number of methoxy groups -OCH3 is 1. The third-order valence-corrected chi connectivity index (χ3v) is 5.39. The predicted molar refractivity (Wildman–Crippen MR) is 94.3 cm³/mol. The van der Waals surface area contributed by atoms with E-state index in [1.165, 1.54) is 13.5 Å². The largest absolute Gasteiger partial charge is 0.504 e. The summed E-state index contributed by atoms with van der Waals surface area (Å²) >= 11 is 3.48. The number of hydrogen-bond donors (Lipinski definition) is 2. The van der Waals surface area contributed by atoms with Crippen molar-refractivity contribution in [2.45, 2.75) is 39.2 Å². The molecule has 5 nitrogen and oxygen atoms in total. The fourth-order valence-electron chi connectivity index (χ4n) is 3.19. The molecule has 0 aliphatic carbocycles. The molecule has 1 aliphatic rings. The molecule has 1 saturated heterocycles. The Kier molecular flexibility index (Phi) is 6.30. The lowest BCUT2D eigenvalue weighted by Gasteiger charge is -2.23. The van der Waals surface area contributed by atoms with E-state index < -0.39 is 0 Å². The van der Waals surface area contributed by atoms with Crippen molar-refractivity contribution in [3.63, 3.8) is 0 Å². The molecule has 23 heavy (non-hydrogen) atoms. The van der Waals surface area contributed by atoms with Gasteiger partial charge in [-0.15, -0.1) is 0 Å². The number of ether oxygens (including phenoxy) is 1. The molecule has 0 spiro atoms. The first-order chi connectivity index (χ1) is 11.0. The van der Waals surface area contributed by atoms with Gasteiger partial charge in [-0.3, -0.25) is 9.69 Å². The number of likely N-dealkylation sites (N-methyl/N-ethyl adjacent to an activating group) is 1. The Labute approximate surface area is 146 Å². The van der Waals surface area contributed by atoms with Gasteiger partial charge in [-0.05, 0) is 59.9 Å². The van der Waals surface area contributed by atoms with E-state index in [-0.39, 0.29) is 17.4 Å². The second kappa shape index (κ2) is 8.02. The molecule has 1 aromatic rings. The zero-order valence-electron chi connectivity index (χ0n) is 14.0. The van der Waals surface area contributed by atoms with Gasteiger partial charge in [0.25, 0.3) is 5.91 Å². The van der Waals surface area contributed by atoms with Crippen molar-refractivity contribution in [1.29, 1.82) is 0 Å². The number of carbonyl (C=O) groups excluding carboxylic acids is 1. The Morgan fingerprint density at radius 2 is 2.26 bits per heavy atom. The number of phenolic OH excluding ortho intramolecular Hbond substituents is 1. The number of halogens is 1. The Bertz CT molecular complexity index is 577. The first kappa shape index (κ1) is 18.1. The van der Waals surface area contributed by atoms with Crippen LogP contribution in [0.2, 0.25) is 0 Å². The van der Waals surface area contributed by atoms with Gasteiger partial charge in [0.15, 0.2) is 11.5 Å². The van der Waals surface area contributed by atoms with E-state index in [2.05, 4.69) is 33.1 Å². The Morgan fingerprint density at radius 3 is 2.87 bits per heavy atom. The Morgan fingerprint density at radius 1 is 1.52 bits per heavy atom. The van der Waals surface area contributed by atoms with Crippen LogP contribution in [-0.2, 0) is 6.42 Å². The molecule has 1 aromatic carbocycles. The molecule has 0 bridgehead atoms. The van der Waals surface area contributed by atoms with Crippen molar-refractivity contribution >= 4 is 21.8 Å². The summed E-state index contributed by atoms with van der Waals surface area (Å²) in [5.41, 5.74) is 1.25. The van der Waals surface area contributed by atoms with Crippen molar-refractivity contribution in [3.05, 3.63) is 21.7 Å². The molecule has 6 heteroatoms. The summed E-state index contributed by atoms with van der Waals surface area (Å²) in [6.07, 6.45) is 2.99. The summed E-state index contributed by atoms with van der Waals surface area (Å²) < 4.78 is 5.93. The van der Waals surface area contributed by atoms with Gasteiger partial charge in [0.05, 0.1) is 12.7 Å². The van der Waals surface area contributed by atoms with E-state index in [0.717, 1.165) is 25.1 Å². The summed E-state index contributed by atoms with van der Waals surface area (Å²) in [4.78, 5) is 15.0. The minimum absolute atomic E-state index is 0.00579. The quantitative estimate of drug-likeness (QED) is 0.791. The fraction of sp³-hybridized carbons (Fsp3) is 0.588. The van der Waals surface area contributed by atoms with Crippen LogP contribution in [-0.4, -0.2) is 48.7 Å². The molecular weight excluding hydrogens is 360 g/mol. The summed E-state index contributed by atoms with van der Waals surface area (Å²) in [6.45, 7) is 6.82. The average molecular weight is 385 g/mol. The van der Waals surface area contributed by atoms with Crippen LogP contribution in [0.25, 0.3) is 0 Å². The minimum atomic E-state index is -0.220. The third kappa shape index (κ3) is 3.80. The summed E-state index contributed by atoms with van der Waals surface area (Å²) in [6, 6.07) is 2.02. The molecule has 0 unspecified atom stereocenters. The standard InChI is InChI=1S/C17H25BrN2O3/c1-4-11-9-13(21)16(23-3)14(15(11)18)17(22)19-10-12-7-6-8-20(12)5-2/h9,12,21H,4-8,10H2,1-3H3,(H,19,22)/t12-/m0/s1. The Hall–Kier alpha value is -1.27. The number of aryl methyl sites for hydroxylation is 1. The lowest BCUT2D eigenvalue weighted by molar-refractivity contribution is 0.0936. The molecule has 0 saturated carbocycles. The van der Waals surface area contributed by atoms with Gasteiger partial charge in [0.1, 0.15) is 0 Å². The molecule has 128 valence electrons. The molecule has 1 heterocycles. The normalized spacial score (nSPS) is 18.2. The first-order valence-corrected chi connectivity index (χ1v) is 8.93. The van der Waals surface area contributed by atoms with Crippen LogP contribution in [0, 0.1) is 0 Å². The number of amides is 1. The van der Waals surface area contributed by atoms with Gasteiger partial charge in [-0.2, -0.15) is 0 Å². The van der Waals surface area contributed by atoms with Crippen LogP contribution < -0.4 is 10.1 Å². The topological polar surface area (TPSA) is 61.8 Å². The molecule has 1 aliphatic heterocycles. The van der Waals surface area contributed by atoms with Gasteiger partial charge >= 0.3 is 0 Å². The number of nitrogens with one attached hydrogen (secondary N) is 1. The number of hydrogen-bond acceptors (Lipinski definition) is 4. The maximum absolute atomic E-state index is 12.7. The molecule has 2 N–H and O–H groups in total. The monoisotopic (exact) mass is 384 g/mol. The molecule has 1 amide bonds. The fourth-order valence-corrected chi connectivity index (χ4v) is 3.95. The highest BCUT2D eigenvalue weighted by Gasteiger charge is 2.26. The minimum Gasteiger partial charge on any atom is -0.504 e. The number of rotatable bonds is 6. The maximum Gasteiger partial charge on any atom is 0.256 e. The van der Waals surface area contributed by atoms with Crippen molar-refractivity contribution in [2.75, 3.05) is 26.7 Å². The second-order valence-electron chi connectivity index (χ2n) is 5.77. The van der Waals surface area contributed by atoms with Gasteiger partial charge in [0.2, 0.25) is 0 Å². The average Bonchev–Trinajstić information content (AvgIpc) is 3.01. The lowest BCUT2D eigenvalue weighted by atomic mass is 10.1. The van der Waals surface area contributed by atoms with Crippen molar-refractivity contribution in [1.82, 2.24) is 10.2 Å². The molecule has 1 atom stereocenters. The summed E-state index contributed by atoms with van der Waals surface area (Å²) in [5.74, 6) is -0.0126. The van der Waals surface area contributed by atoms with Crippen LogP contribution in [0.3, 0.4) is 0 Å². The molecule has 0 aromatic heterocycles. The molecule has 0 radical (unpaired) electrons. The van der Waals surface area contributed by atoms with E-state index in [9.17, 15) is 9.90 Å². The van der Waals surface area contributed by atoms with E-state index >= 15 is 0 Å². The van der Waals surface area contributed by atoms with Crippen LogP contribution in [0.1, 0.15) is 42.6 Å². The van der Waals surface area contributed by atoms with Crippen LogP contribution in [0.15, 0.2) is 10.5 Å². The van der Waals surface area contributed by atoms with Crippen LogP contribution in [0.4, 0.5) is 0 Å². The van der Waals surface area contributed by atoms with Gasteiger partial charge in [-0.1, -0.05) is 13.8 Å². The number of nitrogens with zero attached hydrogens (tertiary/aromatic N) is 1. The maximum atomic E-state index is 12.7. The second-order valence-corrected chi connectivity index (χ2v) is 6.56. The number of phenols is 1. The van der Waals surface area contributed by atoms with Crippen molar-refractivity contribution in [3.8, 4) is 11.5 Å². The van der Waals surface area contributed by atoms with Crippen LogP contribution >= 0.6 is 15.9 Å². The van der Waals surface area contributed by atoms with E-state index in [1.807, 2.05) is 6.92 Å². The molecular formula is C17H25BrN2O3. The Balaban J connectivity index is 2.19. The van der Waals surface area contributed by atoms with Crippen molar-refractivity contribution < 1.29 is 14.6 Å². The van der Waals surface area contributed by atoms with Crippen molar-refractivity contribution in [2.24, 2.45) is 0 Å². The highest BCUT2D eigenvalue weighted by atomic mass is 79.9. The van der Waals surface area contributed by atoms with E-state index in [1.54, 1.807) is 6.07 Å². The predicted octanol–water partition coefficient (Wildman–Crippen LogP) is 2.94. The zero-order chi connectivity index (χ0) is 17.0. The van der Waals surface area contributed by atoms with E-state index in [0.29, 0.717) is 29.0 Å². The third-order valence-electron chi connectivity index (χ3n) is 4.49. The van der Waals surface area contributed by atoms with Crippen LogP contribution in [0.5, 0.6) is 11.5 Å². The number of carbonyl (C=O) groups is 1. The van der Waals surface area contributed by atoms with Gasteiger partial charge in [-0.25, -0.2) is 0 Å². The number of likely N-dealkylation sites (tertiary alicyclic amines) is 1. The SMILES string of the molecule is CCc1cc(O)c(OC)c(C(=O)NC[C@@H]2CCCN2CC)c1Br. The first-order valence-electron chi connectivity index (χ1n) is 8.13. The molecule has 2 rings (SSSR count). The lowest BCUT2D eigenvalue weighted by Crippen LogP contribution is -2.40. The summed E-state index contributed by atoms with van der Waals surface area (Å²) in [7, 11) is 1.46.